The van der Waals surface area contributed by atoms with Crippen LogP contribution in [-0.2, 0) is 9.59 Å². The number of hydrogen-bond donors (Lipinski definition) is 2. The van der Waals surface area contributed by atoms with E-state index in [0.717, 1.165) is 0 Å². The largest absolute Gasteiger partial charge is 0.473 e. The molecular formula is C3H13ClO4SSi. The molecule has 66 valence electrons. The van der Waals surface area contributed by atoms with Gasteiger partial charge in [-0.15, -0.1) is 12.4 Å². The van der Waals surface area contributed by atoms with Crippen LogP contribution in [0.15, 0.2) is 0 Å². The monoisotopic (exact) mass is 208 g/mol. The van der Waals surface area contributed by atoms with Gasteiger partial charge in [0.1, 0.15) is 0 Å². The number of halogens is 1. The third kappa shape index (κ3) is 25.0. The normalized spacial score (nSPS) is 4.40. The van der Waals surface area contributed by atoms with Crippen molar-refractivity contribution in [3.05, 3.63) is 0 Å². The van der Waals surface area contributed by atoms with Gasteiger partial charge in [-0.1, -0.05) is 7.43 Å². The molecule has 4 nitrogen and oxygen atoms in total. The van der Waals surface area contributed by atoms with Gasteiger partial charge in [0.05, 0.1) is 0 Å². The molecule has 0 heterocycles. The summed E-state index contributed by atoms with van der Waals surface area (Å²) in [6.45, 7) is 0. The highest BCUT2D eigenvalue weighted by Gasteiger charge is 2.04. The van der Waals surface area contributed by atoms with Crippen molar-refractivity contribution in [3.8, 4) is 0 Å². The average molecular weight is 209 g/mol. The molecule has 0 saturated carbocycles. The van der Waals surface area contributed by atoms with Crippen LogP contribution in [0.5, 0.6) is 0 Å². The maximum absolute atomic E-state index is 9.10. The number of carbonyl (C=O) groups is 2. The van der Waals surface area contributed by atoms with Crippen LogP contribution in [0.3, 0.4) is 0 Å². The molecule has 0 aliphatic rings. The van der Waals surface area contributed by atoms with E-state index in [1.165, 1.54) is 0 Å². The SMILES string of the molecule is C.Cl.O=C(O)C(=O)O.S.[SiH4]. The molecule has 0 aromatic rings. The molecule has 0 aliphatic carbocycles. The zero-order valence-electron chi connectivity index (χ0n) is 3.62. The summed E-state index contributed by atoms with van der Waals surface area (Å²) in [6.07, 6.45) is 0. The molecule has 7 heteroatoms. The molecule has 2 N–H and O–H groups in total. The summed E-state index contributed by atoms with van der Waals surface area (Å²) in [5.41, 5.74) is 0. The number of hydrogen-bond acceptors (Lipinski definition) is 2. The maximum Gasteiger partial charge on any atom is 0.414 e. The minimum atomic E-state index is -1.82. The molecular weight excluding hydrogens is 196 g/mol. The fraction of sp³-hybridized carbons (Fsp3) is 0.333. The molecule has 10 heavy (non-hydrogen) atoms. The Labute approximate surface area is 76.5 Å². The topological polar surface area (TPSA) is 74.6 Å². The summed E-state index contributed by atoms with van der Waals surface area (Å²) in [5.74, 6) is -3.65. The third-order valence-electron chi connectivity index (χ3n) is 0.183. The minimum Gasteiger partial charge on any atom is -0.473 e. The highest BCUT2D eigenvalue weighted by Crippen LogP contribution is 1.56. The van der Waals surface area contributed by atoms with Crippen LogP contribution in [0.25, 0.3) is 0 Å². The first-order valence-electron chi connectivity index (χ1n) is 1.11. The van der Waals surface area contributed by atoms with Gasteiger partial charge in [0.2, 0.25) is 0 Å². The molecule has 0 aliphatic heterocycles. The Morgan fingerprint density at radius 3 is 1.10 bits per heavy atom. The van der Waals surface area contributed by atoms with E-state index in [9.17, 15) is 0 Å². The van der Waals surface area contributed by atoms with E-state index in [0.29, 0.717) is 0 Å². The number of carboxylic acid groups (broad SMARTS) is 2. The van der Waals surface area contributed by atoms with Crippen molar-refractivity contribution in [3.63, 3.8) is 0 Å². The lowest BCUT2D eigenvalue weighted by atomic mass is 10.7. The standard InChI is InChI=1S/C2H2O4.CH4.ClH.H2S.H4Si/c3-1(4)2(5)6;;;;/h(H,3,4)(H,5,6);1H4;1H;1H2;1H4. The van der Waals surface area contributed by atoms with E-state index in [1.54, 1.807) is 0 Å². The second-order valence-electron chi connectivity index (χ2n) is 0.610. The van der Waals surface area contributed by atoms with Crippen molar-refractivity contribution in [2.24, 2.45) is 0 Å². The molecule has 0 aromatic heterocycles. The summed E-state index contributed by atoms with van der Waals surface area (Å²) in [4.78, 5) is 18.2. The van der Waals surface area contributed by atoms with Gasteiger partial charge in [0.15, 0.2) is 0 Å². The van der Waals surface area contributed by atoms with E-state index in [1.807, 2.05) is 0 Å². The fourth-order valence-corrected chi connectivity index (χ4v) is 0. The number of rotatable bonds is 0. The van der Waals surface area contributed by atoms with E-state index in [-0.39, 0.29) is 44.3 Å². The minimum absolute atomic E-state index is 0. The van der Waals surface area contributed by atoms with Crippen molar-refractivity contribution in [2.75, 3.05) is 0 Å². The van der Waals surface area contributed by atoms with Crippen LogP contribution in [-0.4, -0.2) is 33.1 Å². The first-order chi connectivity index (χ1) is 2.64. The van der Waals surface area contributed by atoms with Gasteiger partial charge >= 0.3 is 11.9 Å². The van der Waals surface area contributed by atoms with E-state index in [2.05, 4.69) is 0 Å². The number of carboxylic acids is 2. The lowest BCUT2D eigenvalue weighted by Gasteiger charge is -1.72. The van der Waals surface area contributed by atoms with Crippen molar-refractivity contribution in [2.45, 2.75) is 7.43 Å². The Balaban J connectivity index is -0.0000000208. The lowest BCUT2D eigenvalue weighted by Crippen LogP contribution is -2.09. The van der Waals surface area contributed by atoms with Crippen LogP contribution in [0.1, 0.15) is 7.43 Å². The van der Waals surface area contributed by atoms with Crippen molar-refractivity contribution in [1.29, 1.82) is 0 Å². The quantitative estimate of drug-likeness (QED) is 0.391. The summed E-state index contributed by atoms with van der Waals surface area (Å²) < 4.78 is 0. The Bertz CT molecular complexity index is 86.5. The molecule has 0 saturated heterocycles. The molecule has 0 rings (SSSR count). The molecule has 0 amide bonds. The Morgan fingerprint density at radius 1 is 1.00 bits per heavy atom. The van der Waals surface area contributed by atoms with Gasteiger partial charge in [0, 0.05) is 0 Å². The molecule has 0 spiro atoms. The van der Waals surface area contributed by atoms with Crippen molar-refractivity contribution >= 4 is 48.8 Å². The van der Waals surface area contributed by atoms with Gasteiger partial charge < -0.3 is 10.2 Å². The fourth-order valence-electron chi connectivity index (χ4n) is 0. The second kappa shape index (κ2) is 15.9. The van der Waals surface area contributed by atoms with Gasteiger partial charge in [0.25, 0.3) is 0 Å². The second-order valence-corrected chi connectivity index (χ2v) is 0.610. The molecule has 0 aromatic carbocycles. The summed E-state index contributed by atoms with van der Waals surface area (Å²) in [6, 6.07) is 0. The van der Waals surface area contributed by atoms with Crippen LogP contribution >= 0.6 is 25.9 Å². The molecule has 0 fully saturated rings. The zero-order chi connectivity index (χ0) is 5.15. The first-order valence-corrected chi connectivity index (χ1v) is 1.11. The predicted molar refractivity (Wildman–Crippen MR) is 51.0 cm³/mol. The third-order valence-corrected chi connectivity index (χ3v) is 0.183. The van der Waals surface area contributed by atoms with Crippen LogP contribution < -0.4 is 0 Å². The summed E-state index contributed by atoms with van der Waals surface area (Å²) in [5, 5.41) is 14.8. The molecule has 0 unspecified atom stereocenters. The van der Waals surface area contributed by atoms with Gasteiger partial charge in [-0.2, -0.15) is 13.5 Å². The maximum atomic E-state index is 9.10. The molecule has 0 bridgehead atoms. The van der Waals surface area contributed by atoms with E-state index < -0.39 is 11.9 Å². The van der Waals surface area contributed by atoms with Crippen LogP contribution in [0.2, 0.25) is 0 Å². The van der Waals surface area contributed by atoms with E-state index >= 15 is 0 Å². The summed E-state index contributed by atoms with van der Waals surface area (Å²) in [7, 11) is 0. The van der Waals surface area contributed by atoms with Crippen molar-refractivity contribution in [1.82, 2.24) is 0 Å². The molecule has 0 atom stereocenters. The van der Waals surface area contributed by atoms with Gasteiger partial charge in [-0.25, -0.2) is 9.59 Å². The molecule has 0 radical (unpaired) electrons. The first kappa shape index (κ1) is 32.9. The van der Waals surface area contributed by atoms with Gasteiger partial charge in [-0.05, 0) is 11.0 Å². The Hall–Kier alpha value is -0.203. The lowest BCUT2D eigenvalue weighted by molar-refractivity contribution is -0.159. The Morgan fingerprint density at radius 2 is 1.10 bits per heavy atom. The average Bonchev–Trinajstić information content (AvgIpc) is 1.36. The highest BCUT2D eigenvalue weighted by atomic mass is 35.5. The number of aliphatic carboxylic acids is 2. The van der Waals surface area contributed by atoms with Crippen LogP contribution in [0, 0.1) is 0 Å². The van der Waals surface area contributed by atoms with Crippen molar-refractivity contribution < 1.29 is 19.8 Å². The zero-order valence-corrected chi connectivity index (χ0v) is 5.44. The summed E-state index contributed by atoms with van der Waals surface area (Å²) >= 11 is 0. The predicted octanol–water partition coefficient (Wildman–Crippen LogP) is -1.13. The highest BCUT2D eigenvalue weighted by molar-refractivity contribution is 7.59. The van der Waals surface area contributed by atoms with Crippen LogP contribution in [0.4, 0.5) is 0 Å². The Kier molecular flexibility index (Phi) is 52.4. The van der Waals surface area contributed by atoms with Gasteiger partial charge in [-0.3, -0.25) is 0 Å². The smallest absolute Gasteiger partial charge is 0.414 e. The van der Waals surface area contributed by atoms with E-state index in [4.69, 9.17) is 19.8 Å².